The second kappa shape index (κ2) is 14.4. The van der Waals surface area contributed by atoms with Crippen LogP contribution in [0.2, 0.25) is 0 Å². The lowest BCUT2D eigenvalue weighted by molar-refractivity contribution is -0.134. The molecule has 3 aliphatic heterocycles. The van der Waals surface area contributed by atoms with Gasteiger partial charge in [-0.1, -0.05) is 0 Å². The minimum Gasteiger partial charge on any atom is -0.491 e. The van der Waals surface area contributed by atoms with Crippen LogP contribution in [0.3, 0.4) is 0 Å². The molecule has 1 aliphatic carbocycles. The number of nitrogens with zero attached hydrogens (tertiary/aromatic N) is 7. The fraction of sp³-hybridized carbons (Fsp3) is 0.410. The average molecular weight is 749 g/mol. The first-order chi connectivity index (χ1) is 26.7. The Hall–Kier alpha value is -5.90. The molecule has 3 N–H and O–H groups in total. The number of hydrogen-bond acceptors (Lipinski definition) is 10. The van der Waals surface area contributed by atoms with Crippen LogP contribution in [0.25, 0.3) is 16.6 Å². The topological polar surface area (TPSA) is 168 Å². The van der Waals surface area contributed by atoms with Crippen molar-refractivity contribution in [3.63, 3.8) is 0 Å². The molecule has 1 saturated carbocycles. The number of piperidine rings is 2. The molecular formula is C39H41FN10O5. The average Bonchev–Trinajstić information content (AvgIpc) is 3.75. The normalized spacial score (nSPS) is 19.7. The SMILES string of the molecule is O=C1CCC(NC(=O)c2cc(N3CC(CN4CCC(n5cc6cc(NC(=O)c7cnn8cccnc78)c(OCC7CC7)cc6n5)CC4)C3)ccc2F)C(=O)N1. The van der Waals surface area contributed by atoms with Crippen LogP contribution in [0.5, 0.6) is 5.75 Å². The van der Waals surface area contributed by atoms with Crippen LogP contribution in [-0.4, -0.2) is 98.3 Å². The lowest BCUT2D eigenvalue weighted by Gasteiger charge is -2.44. The molecule has 6 heterocycles. The Morgan fingerprint density at radius 1 is 0.982 bits per heavy atom. The van der Waals surface area contributed by atoms with Gasteiger partial charge in [0.2, 0.25) is 11.8 Å². The predicted octanol–water partition coefficient (Wildman–Crippen LogP) is 3.57. The zero-order valence-corrected chi connectivity index (χ0v) is 30.1. The molecule has 3 aromatic heterocycles. The lowest BCUT2D eigenvalue weighted by atomic mass is 9.96. The van der Waals surface area contributed by atoms with Gasteiger partial charge in [-0.05, 0) is 68.4 Å². The first-order valence-electron chi connectivity index (χ1n) is 18.9. The largest absolute Gasteiger partial charge is 0.491 e. The van der Waals surface area contributed by atoms with Crippen molar-refractivity contribution < 1.29 is 28.3 Å². The molecule has 1 unspecified atom stereocenters. The minimum atomic E-state index is -0.872. The Morgan fingerprint density at radius 2 is 1.82 bits per heavy atom. The number of hydrogen-bond donors (Lipinski definition) is 3. The second-order valence-corrected chi connectivity index (χ2v) is 15.1. The molecule has 5 aromatic rings. The van der Waals surface area contributed by atoms with Crippen LogP contribution < -0.4 is 25.6 Å². The van der Waals surface area contributed by atoms with Crippen molar-refractivity contribution in [3.05, 3.63) is 78.1 Å². The molecular weight excluding hydrogens is 707 g/mol. The minimum absolute atomic E-state index is 0.122. The molecule has 0 radical (unpaired) electrons. The van der Waals surface area contributed by atoms with E-state index in [1.165, 1.54) is 18.3 Å². The van der Waals surface area contributed by atoms with Gasteiger partial charge in [-0.2, -0.15) is 10.2 Å². The van der Waals surface area contributed by atoms with E-state index in [0.717, 1.165) is 75.0 Å². The van der Waals surface area contributed by atoms with Gasteiger partial charge >= 0.3 is 0 Å². The van der Waals surface area contributed by atoms with E-state index in [2.05, 4.69) is 46.7 Å². The zero-order chi connectivity index (χ0) is 37.6. The molecule has 3 saturated heterocycles. The first kappa shape index (κ1) is 34.8. The quantitative estimate of drug-likeness (QED) is 0.170. The standard InChI is InChI=1S/C39H41FN10O5/c40-30-5-4-27(15-28(30)37(52)43-31-6-7-35(51)45-39(31)54)48-19-24(20-48)18-47-12-8-26(9-13-47)50-21-25-14-33(34(16-32(25)46-50)55-22-23-2-3-23)44-38(53)29-17-42-49-11-1-10-41-36(29)49/h1,4-5,10-11,14-17,21,23-24,26,31H,2-3,6-9,12-13,18-20,22H2,(H,43,52)(H,44,53)(H,45,51,54). The number of anilines is 2. The van der Waals surface area contributed by atoms with Crippen molar-refractivity contribution in [1.82, 2.24) is 39.9 Å². The van der Waals surface area contributed by atoms with Crippen LogP contribution in [0.4, 0.5) is 15.8 Å². The van der Waals surface area contributed by atoms with Gasteiger partial charge in [0.25, 0.3) is 11.8 Å². The number of halogens is 1. The van der Waals surface area contributed by atoms with Gasteiger partial charge in [-0.3, -0.25) is 29.2 Å². The molecule has 16 heteroatoms. The van der Waals surface area contributed by atoms with E-state index in [-0.39, 0.29) is 36.3 Å². The van der Waals surface area contributed by atoms with E-state index in [4.69, 9.17) is 9.84 Å². The number of rotatable bonds is 11. The molecule has 0 spiro atoms. The summed E-state index contributed by atoms with van der Waals surface area (Å²) in [5.41, 5.74) is 2.90. The zero-order valence-electron chi connectivity index (χ0n) is 30.1. The highest BCUT2D eigenvalue weighted by Gasteiger charge is 2.33. The predicted molar refractivity (Wildman–Crippen MR) is 199 cm³/mol. The van der Waals surface area contributed by atoms with E-state index in [1.807, 2.05) is 12.1 Å². The lowest BCUT2D eigenvalue weighted by Crippen LogP contribution is -2.53. The van der Waals surface area contributed by atoms with Crippen molar-refractivity contribution in [1.29, 1.82) is 0 Å². The first-order valence-corrected chi connectivity index (χ1v) is 18.9. The van der Waals surface area contributed by atoms with Crippen LogP contribution in [-0.2, 0) is 9.59 Å². The molecule has 15 nitrogen and oxygen atoms in total. The number of ether oxygens (including phenoxy) is 1. The van der Waals surface area contributed by atoms with E-state index in [0.29, 0.717) is 41.1 Å². The van der Waals surface area contributed by atoms with Crippen molar-refractivity contribution in [2.75, 3.05) is 49.5 Å². The van der Waals surface area contributed by atoms with Crippen LogP contribution >= 0.6 is 0 Å². The maximum absolute atomic E-state index is 14.7. The summed E-state index contributed by atoms with van der Waals surface area (Å²) in [4.78, 5) is 58.7. The van der Waals surface area contributed by atoms with E-state index in [9.17, 15) is 23.6 Å². The second-order valence-electron chi connectivity index (χ2n) is 15.1. The fourth-order valence-corrected chi connectivity index (χ4v) is 7.72. The molecule has 0 bridgehead atoms. The highest BCUT2D eigenvalue weighted by molar-refractivity contribution is 6.09. The number of benzene rings is 2. The number of amides is 4. The summed E-state index contributed by atoms with van der Waals surface area (Å²) in [6.07, 6.45) is 11.5. The smallest absolute Gasteiger partial charge is 0.261 e. The number of likely N-dealkylation sites (tertiary alicyclic amines) is 1. The molecule has 4 aliphatic rings. The molecule has 284 valence electrons. The van der Waals surface area contributed by atoms with E-state index < -0.39 is 23.7 Å². The van der Waals surface area contributed by atoms with Gasteiger partial charge in [-0.15, -0.1) is 0 Å². The van der Waals surface area contributed by atoms with Crippen molar-refractivity contribution in [2.45, 2.75) is 50.6 Å². The van der Waals surface area contributed by atoms with Gasteiger partial charge in [0.05, 0.1) is 35.6 Å². The Morgan fingerprint density at radius 3 is 2.62 bits per heavy atom. The third-order valence-corrected chi connectivity index (χ3v) is 11.1. The summed E-state index contributed by atoms with van der Waals surface area (Å²) < 4.78 is 24.5. The number of aromatic nitrogens is 5. The molecule has 55 heavy (non-hydrogen) atoms. The highest BCUT2D eigenvalue weighted by Crippen LogP contribution is 2.36. The summed E-state index contributed by atoms with van der Waals surface area (Å²) >= 11 is 0. The van der Waals surface area contributed by atoms with Crippen molar-refractivity contribution in [2.24, 2.45) is 11.8 Å². The molecule has 4 amide bonds. The van der Waals surface area contributed by atoms with Crippen LogP contribution in [0.1, 0.15) is 65.3 Å². The Bertz CT molecular complexity index is 2310. The van der Waals surface area contributed by atoms with E-state index in [1.54, 1.807) is 29.0 Å². The Kier molecular flexibility index (Phi) is 9.12. The third kappa shape index (κ3) is 7.33. The van der Waals surface area contributed by atoms with Gasteiger partial charge in [0.1, 0.15) is 23.2 Å². The maximum Gasteiger partial charge on any atom is 0.261 e. The van der Waals surface area contributed by atoms with Crippen molar-refractivity contribution >= 4 is 51.6 Å². The number of carbonyl (C=O) groups excluding carboxylic acids is 4. The molecule has 9 rings (SSSR count). The van der Waals surface area contributed by atoms with E-state index >= 15 is 0 Å². The number of carbonyl (C=O) groups is 4. The number of nitrogens with one attached hydrogen (secondary N) is 3. The third-order valence-electron chi connectivity index (χ3n) is 11.1. The number of imide groups is 1. The number of fused-ring (bicyclic) bond motifs is 2. The van der Waals surface area contributed by atoms with Gasteiger partial charge in [-0.25, -0.2) is 13.9 Å². The van der Waals surface area contributed by atoms with Crippen molar-refractivity contribution in [3.8, 4) is 5.75 Å². The summed E-state index contributed by atoms with van der Waals surface area (Å²) in [6.45, 7) is 5.00. The van der Waals surface area contributed by atoms with Gasteiger partial charge in [0, 0.05) is 80.8 Å². The summed E-state index contributed by atoms with van der Waals surface area (Å²) in [5.74, 6) is -1.03. The van der Waals surface area contributed by atoms with Gasteiger partial charge in [0.15, 0.2) is 5.65 Å². The Labute approximate surface area is 315 Å². The summed E-state index contributed by atoms with van der Waals surface area (Å²) in [7, 11) is 0. The monoisotopic (exact) mass is 748 g/mol. The molecule has 4 fully saturated rings. The van der Waals surface area contributed by atoms with Crippen LogP contribution in [0, 0.1) is 17.7 Å². The highest BCUT2D eigenvalue weighted by atomic mass is 19.1. The maximum atomic E-state index is 14.7. The van der Waals surface area contributed by atoms with Crippen LogP contribution in [0.15, 0.2) is 61.2 Å². The summed E-state index contributed by atoms with van der Waals surface area (Å²) in [5, 5.41) is 17.9. The molecule has 1 atom stereocenters. The van der Waals surface area contributed by atoms with Gasteiger partial charge < -0.3 is 25.2 Å². The molecule has 2 aromatic carbocycles. The Balaban J connectivity index is 0.801. The fourth-order valence-electron chi connectivity index (χ4n) is 7.72. The summed E-state index contributed by atoms with van der Waals surface area (Å²) in [6, 6.07) is 9.47.